The number of methoxy groups -OCH3 is 1. The largest absolute Gasteiger partial charge is 0.481 e. The first-order chi connectivity index (χ1) is 8.77. The molecule has 0 aromatic carbocycles. The van der Waals surface area contributed by atoms with Gasteiger partial charge in [-0.25, -0.2) is 17.9 Å². The zero-order valence-electron chi connectivity index (χ0n) is 10.3. The first-order valence-corrected chi connectivity index (χ1v) is 6.66. The van der Waals surface area contributed by atoms with Gasteiger partial charge >= 0.3 is 11.9 Å². The van der Waals surface area contributed by atoms with Crippen LogP contribution in [0.3, 0.4) is 0 Å². The number of carbonyl (C=O) groups is 2. The first-order valence-electron chi connectivity index (χ1n) is 5.18. The van der Waals surface area contributed by atoms with Gasteiger partial charge in [0.15, 0.2) is 0 Å². The second kappa shape index (κ2) is 5.85. The number of carboxylic acid groups (broad SMARTS) is 1. The van der Waals surface area contributed by atoms with E-state index in [-0.39, 0.29) is 29.4 Å². The molecule has 1 aromatic heterocycles. The van der Waals surface area contributed by atoms with Crippen molar-refractivity contribution in [3.05, 3.63) is 17.6 Å². The number of hydrogen-bond acceptors (Lipinski definition) is 6. The highest BCUT2D eigenvalue weighted by Crippen LogP contribution is 2.20. The Morgan fingerprint density at radius 3 is 2.63 bits per heavy atom. The number of esters is 1. The maximum Gasteiger partial charge on any atom is 0.373 e. The van der Waals surface area contributed by atoms with Gasteiger partial charge in [-0.2, -0.15) is 0 Å². The number of furan rings is 1. The van der Waals surface area contributed by atoms with Crippen molar-refractivity contribution in [2.24, 2.45) is 0 Å². The van der Waals surface area contributed by atoms with Crippen LogP contribution in [0, 0.1) is 6.92 Å². The third kappa shape index (κ3) is 3.80. The van der Waals surface area contributed by atoms with Gasteiger partial charge in [-0.3, -0.25) is 4.79 Å². The van der Waals surface area contributed by atoms with Crippen LogP contribution in [0.4, 0.5) is 0 Å². The van der Waals surface area contributed by atoms with E-state index in [0.29, 0.717) is 0 Å². The average molecular weight is 291 g/mol. The van der Waals surface area contributed by atoms with Gasteiger partial charge in [-0.1, -0.05) is 0 Å². The number of aryl methyl sites for hydroxylation is 1. The van der Waals surface area contributed by atoms with Gasteiger partial charge in [0, 0.05) is 12.6 Å². The van der Waals surface area contributed by atoms with Crippen molar-refractivity contribution >= 4 is 22.0 Å². The van der Waals surface area contributed by atoms with E-state index in [4.69, 9.17) is 9.52 Å². The minimum Gasteiger partial charge on any atom is -0.481 e. The van der Waals surface area contributed by atoms with Crippen molar-refractivity contribution < 1.29 is 32.3 Å². The van der Waals surface area contributed by atoms with Crippen molar-refractivity contribution in [3.8, 4) is 0 Å². The summed E-state index contributed by atoms with van der Waals surface area (Å²) in [4.78, 5) is 21.3. The van der Waals surface area contributed by atoms with Crippen LogP contribution in [0.15, 0.2) is 15.4 Å². The summed E-state index contributed by atoms with van der Waals surface area (Å²) in [5.74, 6) is -2.14. The molecule has 8 nitrogen and oxygen atoms in total. The highest BCUT2D eigenvalue weighted by Gasteiger charge is 2.24. The van der Waals surface area contributed by atoms with Gasteiger partial charge in [0.05, 0.1) is 13.5 Å². The van der Waals surface area contributed by atoms with Crippen LogP contribution in [-0.2, 0) is 19.6 Å². The molecule has 2 N–H and O–H groups in total. The Hall–Kier alpha value is -1.87. The molecule has 0 unspecified atom stereocenters. The standard InChI is InChI=1S/C10H13NO7S/c1-6-8(5-7(18-6)10(14)17-2)19(15,16)11-4-3-9(12)13/h5,11H,3-4H2,1-2H3,(H,12,13). The minimum atomic E-state index is -3.92. The Labute approximate surface area is 109 Å². The lowest BCUT2D eigenvalue weighted by atomic mass is 10.4. The number of ether oxygens (including phenoxy) is 1. The normalized spacial score (nSPS) is 11.3. The van der Waals surface area contributed by atoms with E-state index in [1.54, 1.807) is 0 Å². The Morgan fingerprint density at radius 2 is 2.11 bits per heavy atom. The minimum absolute atomic E-state index is 0.0169. The smallest absolute Gasteiger partial charge is 0.373 e. The van der Waals surface area contributed by atoms with Gasteiger partial charge in [-0.05, 0) is 6.92 Å². The first kappa shape index (κ1) is 15.2. The fourth-order valence-electron chi connectivity index (χ4n) is 1.30. The second-order valence-electron chi connectivity index (χ2n) is 3.56. The Kier molecular flexibility index (Phi) is 4.67. The van der Waals surface area contributed by atoms with E-state index in [1.807, 2.05) is 0 Å². The van der Waals surface area contributed by atoms with Crippen LogP contribution in [0.25, 0.3) is 0 Å². The highest BCUT2D eigenvalue weighted by atomic mass is 32.2. The third-order valence-corrected chi connectivity index (χ3v) is 3.75. The molecule has 0 aliphatic heterocycles. The molecular formula is C10H13NO7S. The van der Waals surface area contributed by atoms with Crippen molar-refractivity contribution in [3.63, 3.8) is 0 Å². The number of aliphatic carboxylic acids is 1. The molecule has 0 aliphatic carbocycles. The van der Waals surface area contributed by atoms with Crippen molar-refractivity contribution in [2.45, 2.75) is 18.2 Å². The molecule has 106 valence electrons. The molecule has 1 rings (SSSR count). The lowest BCUT2D eigenvalue weighted by molar-refractivity contribution is -0.136. The van der Waals surface area contributed by atoms with Crippen LogP contribution >= 0.6 is 0 Å². The molecule has 9 heteroatoms. The summed E-state index contributed by atoms with van der Waals surface area (Å²) < 4.78 is 35.2. The number of sulfonamides is 1. The van der Waals surface area contributed by atoms with Gasteiger partial charge in [0.1, 0.15) is 10.7 Å². The van der Waals surface area contributed by atoms with Gasteiger partial charge in [0.2, 0.25) is 15.8 Å². The third-order valence-electron chi connectivity index (χ3n) is 2.18. The molecule has 0 aliphatic rings. The van der Waals surface area contributed by atoms with E-state index in [9.17, 15) is 18.0 Å². The number of carboxylic acids is 1. The van der Waals surface area contributed by atoms with Crippen LogP contribution in [0.2, 0.25) is 0 Å². The lowest BCUT2D eigenvalue weighted by Gasteiger charge is -2.03. The zero-order chi connectivity index (χ0) is 14.6. The molecule has 0 atom stereocenters. The molecule has 0 saturated carbocycles. The predicted molar refractivity (Wildman–Crippen MR) is 62.2 cm³/mol. The fourth-order valence-corrected chi connectivity index (χ4v) is 2.51. The lowest BCUT2D eigenvalue weighted by Crippen LogP contribution is -2.26. The highest BCUT2D eigenvalue weighted by molar-refractivity contribution is 7.89. The average Bonchev–Trinajstić information content (AvgIpc) is 2.70. The summed E-state index contributed by atoms with van der Waals surface area (Å²) in [7, 11) is -2.78. The molecule has 0 bridgehead atoms. The number of hydrogen-bond donors (Lipinski definition) is 2. The monoisotopic (exact) mass is 291 g/mol. The quantitative estimate of drug-likeness (QED) is 0.714. The number of rotatable bonds is 6. The molecule has 1 heterocycles. The topological polar surface area (TPSA) is 123 Å². The Bertz CT molecular complexity index is 587. The summed E-state index contributed by atoms with van der Waals surface area (Å²) in [6, 6.07) is 1.03. The maximum atomic E-state index is 11.8. The summed E-state index contributed by atoms with van der Waals surface area (Å²) in [5, 5.41) is 8.43. The van der Waals surface area contributed by atoms with Crippen LogP contribution in [-0.4, -0.2) is 39.1 Å². The number of nitrogens with one attached hydrogen (secondary N) is 1. The van der Waals surface area contributed by atoms with Gasteiger partial charge in [0.25, 0.3) is 0 Å². The van der Waals surface area contributed by atoms with E-state index < -0.39 is 22.0 Å². The summed E-state index contributed by atoms with van der Waals surface area (Å²) in [6.45, 7) is 1.12. The van der Waals surface area contributed by atoms with E-state index in [2.05, 4.69) is 9.46 Å². The molecular weight excluding hydrogens is 278 g/mol. The zero-order valence-corrected chi connectivity index (χ0v) is 11.1. The summed E-state index contributed by atoms with van der Waals surface area (Å²) in [6.07, 6.45) is -0.347. The van der Waals surface area contributed by atoms with Gasteiger partial charge < -0.3 is 14.3 Å². The predicted octanol–water partition coefficient (Wildman–Crippen LogP) is 0.128. The molecule has 0 radical (unpaired) electrons. The second-order valence-corrected chi connectivity index (χ2v) is 5.30. The molecule has 0 spiro atoms. The SMILES string of the molecule is COC(=O)c1cc(S(=O)(=O)NCCC(=O)O)c(C)o1. The van der Waals surface area contributed by atoms with Crippen LogP contribution in [0.5, 0.6) is 0 Å². The van der Waals surface area contributed by atoms with E-state index in [1.165, 1.54) is 6.92 Å². The van der Waals surface area contributed by atoms with Crippen molar-refractivity contribution in [1.82, 2.24) is 4.72 Å². The maximum absolute atomic E-state index is 11.8. The van der Waals surface area contributed by atoms with Crippen LogP contribution in [0.1, 0.15) is 22.7 Å². The van der Waals surface area contributed by atoms with Gasteiger partial charge in [-0.15, -0.1) is 0 Å². The molecule has 0 fully saturated rings. The molecule has 1 aromatic rings. The fraction of sp³-hybridized carbons (Fsp3) is 0.400. The van der Waals surface area contributed by atoms with Crippen molar-refractivity contribution in [1.29, 1.82) is 0 Å². The summed E-state index contributed by atoms with van der Waals surface area (Å²) >= 11 is 0. The number of carbonyl (C=O) groups excluding carboxylic acids is 1. The Balaban J connectivity index is 2.92. The van der Waals surface area contributed by atoms with Crippen LogP contribution < -0.4 is 4.72 Å². The van der Waals surface area contributed by atoms with E-state index in [0.717, 1.165) is 13.2 Å². The molecule has 0 saturated heterocycles. The Morgan fingerprint density at radius 1 is 1.47 bits per heavy atom. The van der Waals surface area contributed by atoms with Crippen molar-refractivity contribution in [2.75, 3.05) is 13.7 Å². The molecule has 0 amide bonds. The van der Waals surface area contributed by atoms with E-state index >= 15 is 0 Å². The summed E-state index contributed by atoms with van der Waals surface area (Å²) in [5.41, 5.74) is 0. The molecule has 19 heavy (non-hydrogen) atoms.